The summed E-state index contributed by atoms with van der Waals surface area (Å²) in [4.78, 5) is 114. The Hall–Kier alpha value is -5.17. The molecule has 0 aliphatic carbocycles. The number of nitrogens with one attached hydrogen (secondary N) is 7. The van der Waals surface area contributed by atoms with E-state index in [1.165, 1.54) is 27.7 Å². The van der Waals surface area contributed by atoms with Gasteiger partial charge in [0.1, 0.15) is 85.0 Å². The third kappa shape index (κ3) is 17.8. The first-order valence-electron chi connectivity index (χ1n) is 21.5. The van der Waals surface area contributed by atoms with Crippen LogP contribution in [0.25, 0.3) is 0 Å². The molecule has 2 aliphatic heterocycles. The number of ether oxygens (including phenoxy) is 4. The van der Waals surface area contributed by atoms with E-state index in [2.05, 4.69) is 37.2 Å². The number of hydrogen-bond donors (Lipinski definition) is 15. The summed E-state index contributed by atoms with van der Waals surface area (Å²) in [6.45, 7) is 5.62. The number of carboxylic acid groups (broad SMARTS) is 1. The minimum Gasteiger partial charge on any atom is -0.480 e. The number of carboxylic acids is 1. The van der Waals surface area contributed by atoms with Gasteiger partial charge in [-0.2, -0.15) is 0 Å². The van der Waals surface area contributed by atoms with E-state index in [-0.39, 0.29) is 19.4 Å². The number of unbranched alkanes of at least 4 members (excludes halogenated alkanes) is 1. The Morgan fingerprint density at radius 3 is 1.67 bits per heavy atom. The van der Waals surface area contributed by atoms with Gasteiger partial charge in [0, 0.05) is 20.3 Å². The van der Waals surface area contributed by atoms with Gasteiger partial charge in [-0.1, -0.05) is 0 Å². The molecule has 0 aromatic rings. The summed E-state index contributed by atoms with van der Waals surface area (Å²) in [5, 5.41) is 78.1. The molecule has 2 saturated heterocycles. The molecule has 28 heteroatoms. The van der Waals surface area contributed by atoms with E-state index >= 15 is 0 Å². The van der Waals surface area contributed by atoms with Crippen molar-refractivity contribution in [1.82, 2.24) is 37.2 Å². The zero-order chi connectivity index (χ0) is 50.9. The highest BCUT2D eigenvalue weighted by atomic mass is 16.7. The number of aliphatic hydroxyl groups excluding tert-OH is 5. The normalized spacial score (nSPS) is 27.6. The molecular formula is C39H67N9O19. The van der Waals surface area contributed by atoms with E-state index in [0.29, 0.717) is 12.8 Å². The van der Waals surface area contributed by atoms with Crippen molar-refractivity contribution in [2.75, 3.05) is 19.8 Å². The van der Waals surface area contributed by atoms with Crippen LogP contribution in [0.4, 0.5) is 0 Å². The van der Waals surface area contributed by atoms with Crippen LogP contribution < -0.4 is 48.7 Å². The summed E-state index contributed by atoms with van der Waals surface area (Å²) in [6, 6.07) is -9.87. The summed E-state index contributed by atoms with van der Waals surface area (Å²) in [5.41, 5.74) is 10.9. The van der Waals surface area contributed by atoms with Crippen LogP contribution >= 0.6 is 0 Å². The highest BCUT2D eigenvalue weighted by Gasteiger charge is 2.53. The number of rotatable bonds is 26. The van der Waals surface area contributed by atoms with Gasteiger partial charge in [-0.05, 0) is 59.9 Å². The molecular weight excluding hydrogens is 898 g/mol. The number of carbonyl (C=O) groups is 9. The van der Waals surface area contributed by atoms with E-state index in [4.69, 9.17) is 35.5 Å². The number of aliphatic hydroxyl groups is 5. The predicted molar refractivity (Wildman–Crippen MR) is 226 cm³/mol. The predicted octanol–water partition coefficient (Wildman–Crippen LogP) is -7.73. The maximum absolute atomic E-state index is 13.7. The minimum absolute atomic E-state index is 0.00515. The standard InChI is InChI=1S/C39H67N9O19/c1-15(32(56)44-17(3)37(61)62)43-35(59)21(9-7-8-12-40)48-36(60)22(10-11-25(41)53)47-33(57)16(2)42-34(58)18(4)64-31-27(46-20(6)52)38(63)65-24(14-50)30(31)67-39-26(45-19(5)51)29(55)28(54)23(13-49)66-39/h15-18,21-24,26-31,38-39,49-50,54-55,63H,7-14,40H2,1-6H3,(H2,41,53)(H,42,58)(H,43,59)(H,44,56)(H,45,51)(H,46,52)(H,47,57)(H,48,60)(H,61,62)/t15-,16+,17-,18?,21+,22+,23-,24-,26-,27-,28-,29-,30-,31-,38+,39+/m1/s1. The first-order chi connectivity index (χ1) is 31.4. The molecule has 0 aromatic heterocycles. The molecule has 382 valence electrons. The molecule has 0 aromatic carbocycles. The fourth-order valence-electron chi connectivity index (χ4n) is 6.88. The van der Waals surface area contributed by atoms with Crippen molar-refractivity contribution in [2.45, 2.75) is 171 Å². The Balaban J connectivity index is 2.33. The van der Waals surface area contributed by atoms with Crippen LogP contribution in [0.15, 0.2) is 0 Å². The zero-order valence-corrected chi connectivity index (χ0v) is 38.0. The summed E-state index contributed by atoms with van der Waals surface area (Å²) in [5.74, 6) is -8.22. The maximum Gasteiger partial charge on any atom is 0.325 e. The quantitative estimate of drug-likeness (QED) is 0.0358. The summed E-state index contributed by atoms with van der Waals surface area (Å²) < 4.78 is 23.3. The lowest BCUT2D eigenvalue weighted by Gasteiger charge is -2.48. The van der Waals surface area contributed by atoms with Crippen LogP contribution in [-0.4, -0.2) is 201 Å². The van der Waals surface area contributed by atoms with E-state index in [1.54, 1.807) is 0 Å². The van der Waals surface area contributed by atoms with Gasteiger partial charge in [0.2, 0.25) is 47.3 Å². The van der Waals surface area contributed by atoms with Crippen molar-refractivity contribution in [1.29, 1.82) is 0 Å². The zero-order valence-electron chi connectivity index (χ0n) is 38.0. The first-order valence-corrected chi connectivity index (χ1v) is 21.5. The fraction of sp³-hybridized carbons (Fsp3) is 0.769. The molecule has 1 unspecified atom stereocenters. The van der Waals surface area contributed by atoms with E-state index in [0.717, 1.165) is 13.8 Å². The van der Waals surface area contributed by atoms with Crippen molar-refractivity contribution in [3.8, 4) is 0 Å². The Morgan fingerprint density at radius 2 is 1.13 bits per heavy atom. The average Bonchev–Trinajstić information content (AvgIpc) is 3.25. The molecule has 17 N–H and O–H groups in total. The molecule has 16 atom stereocenters. The van der Waals surface area contributed by atoms with Crippen molar-refractivity contribution in [3.63, 3.8) is 0 Å². The highest BCUT2D eigenvalue weighted by molar-refractivity contribution is 5.96. The van der Waals surface area contributed by atoms with Crippen molar-refractivity contribution >= 4 is 53.2 Å². The van der Waals surface area contributed by atoms with Gasteiger partial charge in [-0.15, -0.1) is 0 Å². The Labute approximate surface area is 385 Å². The number of amides is 8. The van der Waals surface area contributed by atoms with Gasteiger partial charge in [-0.25, -0.2) is 0 Å². The molecule has 0 spiro atoms. The average molecular weight is 966 g/mol. The first kappa shape index (κ1) is 58.0. The Morgan fingerprint density at radius 1 is 0.627 bits per heavy atom. The van der Waals surface area contributed by atoms with Crippen LogP contribution in [0, 0.1) is 0 Å². The number of hydrogen-bond acceptors (Lipinski definition) is 19. The number of nitrogens with two attached hydrogens (primary N) is 2. The second-order valence-corrected chi connectivity index (χ2v) is 16.2. The molecule has 2 fully saturated rings. The molecule has 67 heavy (non-hydrogen) atoms. The molecule has 2 aliphatic rings. The SMILES string of the molecule is CC(=O)N[C@@H]1[C@@H](OC(C)C(=O)N[C@@H](C)C(=O)N[C@@H](CCC(N)=O)C(=O)N[C@@H](CCCCN)C(=O)N[C@H](C)C(=O)N[C@H](C)C(=O)O)[C@H](O[C@@H]2O[C@H](CO)[C@@H](O)[C@H](O)[C@H]2NC(C)=O)[C@@H](CO)O[C@@H]1O. The van der Waals surface area contributed by atoms with Crippen LogP contribution in [0.3, 0.4) is 0 Å². The van der Waals surface area contributed by atoms with Gasteiger partial charge in [0.25, 0.3) is 0 Å². The van der Waals surface area contributed by atoms with Crippen molar-refractivity contribution in [2.24, 2.45) is 11.5 Å². The number of carbonyl (C=O) groups excluding carboxylic acids is 8. The summed E-state index contributed by atoms with van der Waals surface area (Å²) in [6.07, 6.45) is -14.9. The lowest BCUT2D eigenvalue weighted by molar-refractivity contribution is -0.333. The molecule has 0 saturated carbocycles. The van der Waals surface area contributed by atoms with Gasteiger partial charge >= 0.3 is 5.97 Å². The smallest absolute Gasteiger partial charge is 0.325 e. The monoisotopic (exact) mass is 965 g/mol. The summed E-state index contributed by atoms with van der Waals surface area (Å²) in [7, 11) is 0. The molecule has 28 nitrogen and oxygen atoms in total. The molecule has 2 rings (SSSR count). The fourth-order valence-corrected chi connectivity index (χ4v) is 6.88. The van der Waals surface area contributed by atoms with Gasteiger partial charge in [-0.3, -0.25) is 43.2 Å². The molecule has 2 heterocycles. The van der Waals surface area contributed by atoms with E-state index in [9.17, 15) is 68.7 Å². The van der Waals surface area contributed by atoms with Crippen molar-refractivity contribution in [3.05, 3.63) is 0 Å². The number of aliphatic carboxylic acids is 1. The van der Waals surface area contributed by atoms with Gasteiger partial charge in [0.05, 0.1) is 13.2 Å². The molecule has 0 bridgehead atoms. The van der Waals surface area contributed by atoms with E-state index in [1.807, 2.05) is 0 Å². The van der Waals surface area contributed by atoms with Crippen LogP contribution in [-0.2, 0) is 62.1 Å². The van der Waals surface area contributed by atoms with Crippen LogP contribution in [0.1, 0.15) is 73.6 Å². The minimum atomic E-state index is -1.90. The second kappa shape index (κ2) is 27.6. The Bertz CT molecular complexity index is 1730. The van der Waals surface area contributed by atoms with Crippen molar-refractivity contribution < 1.29 is 92.7 Å². The highest BCUT2D eigenvalue weighted by Crippen LogP contribution is 2.31. The lowest BCUT2D eigenvalue weighted by Crippen LogP contribution is -2.70. The largest absolute Gasteiger partial charge is 0.480 e. The van der Waals surface area contributed by atoms with Crippen LogP contribution in [0.5, 0.6) is 0 Å². The van der Waals surface area contributed by atoms with Gasteiger partial charge in [0.15, 0.2) is 12.6 Å². The third-order valence-corrected chi connectivity index (χ3v) is 10.6. The Kier molecular flexibility index (Phi) is 23.9. The third-order valence-electron chi connectivity index (χ3n) is 10.6. The molecule has 0 radical (unpaired) electrons. The maximum atomic E-state index is 13.7. The van der Waals surface area contributed by atoms with E-state index < -0.39 is 170 Å². The van der Waals surface area contributed by atoms with Gasteiger partial charge < -0.3 is 98.3 Å². The second-order valence-electron chi connectivity index (χ2n) is 16.2. The van der Waals surface area contributed by atoms with Crippen LogP contribution in [0.2, 0.25) is 0 Å². The number of primary amides is 1. The lowest BCUT2D eigenvalue weighted by atomic mass is 9.94. The molecule has 8 amide bonds. The summed E-state index contributed by atoms with van der Waals surface area (Å²) >= 11 is 0. The topological polar surface area (TPSA) is 448 Å².